The molecule has 0 aromatic carbocycles. The molecule has 0 spiro atoms. The summed E-state index contributed by atoms with van der Waals surface area (Å²) in [5, 5.41) is 2.45. The minimum absolute atomic E-state index is 0.0339. The normalized spacial score (nSPS) is 20.8. The molecule has 1 aromatic heterocycles. The first-order valence-corrected chi connectivity index (χ1v) is 11.7. The first kappa shape index (κ1) is 25.9. The van der Waals surface area contributed by atoms with Crippen molar-refractivity contribution in [3.63, 3.8) is 0 Å². The summed E-state index contributed by atoms with van der Waals surface area (Å²) in [6, 6.07) is 2.11. The van der Waals surface area contributed by atoms with Gasteiger partial charge in [0.15, 0.2) is 0 Å². The summed E-state index contributed by atoms with van der Waals surface area (Å²) >= 11 is 0. The fraction of sp³-hybridized carbons (Fsp3) is 0.500. The molecule has 0 fully saturated rings. The molecular weight excluding hydrogens is 393 g/mol. The Morgan fingerprint density at radius 2 is 1.91 bits per heavy atom. The number of hydrogen-bond acceptors (Lipinski definition) is 1. The zero-order chi connectivity index (χ0) is 24.3. The number of rotatable bonds is 3. The van der Waals surface area contributed by atoms with Gasteiger partial charge in [-0.05, 0) is 88.7 Å². The fourth-order valence-corrected chi connectivity index (χ4v) is 5.09. The topological polar surface area (TPSA) is 12.9 Å². The van der Waals surface area contributed by atoms with Crippen molar-refractivity contribution in [2.24, 2.45) is 16.7 Å². The summed E-state index contributed by atoms with van der Waals surface area (Å²) in [5.41, 5.74) is 5.04. The second kappa shape index (κ2) is 10.0. The van der Waals surface area contributed by atoms with Crippen LogP contribution in [0.4, 0.5) is 4.39 Å². The van der Waals surface area contributed by atoms with Crippen LogP contribution in [0.1, 0.15) is 87.8 Å². The van der Waals surface area contributed by atoms with Crippen molar-refractivity contribution in [3.8, 4) is 11.8 Å². The van der Waals surface area contributed by atoms with Gasteiger partial charge in [0.2, 0.25) is 0 Å². The lowest BCUT2D eigenvalue weighted by atomic mass is 9.60. The highest BCUT2D eigenvalue weighted by Gasteiger charge is 2.44. The van der Waals surface area contributed by atoms with E-state index in [0.29, 0.717) is 6.42 Å². The molecular formula is C30H40FN. The Balaban J connectivity index is 0.000000837. The number of allylic oxidation sites excluding steroid dienone is 6. The Morgan fingerprint density at radius 3 is 2.41 bits per heavy atom. The van der Waals surface area contributed by atoms with Crippen LogP contribution in [0, 0.1) is 28.6 Å². The molecule has 3 rings (SSSR count). The molecule has 0 radical (unpaired) electrons. The van der Waals surface area contributed by atoms with Crippen LogP contribution in [-0.2, 0) is 0 Å². The molecule has 2 atom stereocenters. The van der Waals surface area contributed by atoms with Crippen molar-refractivity contribution >= 4 is 16.7 Å². The summed E-state index contributed by atoms with van der Waals surface area (Å²) in [6.45, 7) is 21.0. The van der Waals surface area contributed by atoms with Gasteiger partial charge in [0.25, 0.3) is 0 Å². The van der Waals surface area contributed by atoms with E-state index in [4.69, 9.17) is 4.98 Å². The maximum atomic E-state index is 15.3. The van der Waals surface area contributed by atoms with Crippen LogP contribution in [0.3, 0.4) is 0 Å². The van der Waals surface area contributed by atoms with Crippen molar-refractivity contribution in [2.75, 3.05) is 0 Å². The van der Waals surface area contributed by atoms with Crippen molar-refractivity contribution < 1.29 is 4.39 Å². The first-order valence-electron chi connectivity index (χ1n) is 11.7. The van der Waals surface area contributed by atoms with Crippen LogP contribution in [0.5, 0.6) is 0 Å². The van der Waals surface area contributed by atoms with Crippen LogP contribution in [-0.4, -0.2) is 4.98 Å². The Kier molecular flexibility index (Phi) is 8.11. The minimum Gasteiger partial charge on any atom is -0.256 e. The standard InChI is InChI=1S/C26H34FN.C4H6/c1-9-14-26(8,10-2)19-11-12-20(27)23-22(19)24-21(17(5)25(23,6)7)18(16(3)4)13-15-28-24;1-3-4-2/h9,12-15,19H,10-11H2,1-8H3;1-2H3. The quantitative estimate of drug-likeness (QED) is 0.365. The third kappa shape index (κ3) is 4.40. The Morgan fingerprint density at radius 1 is 1.28 bits per heavy atom. The van der Waals surface area contributed by atoms with Gasteiger partial charge in [0.05, 0.1) is 5.69 Å². The molecule has 2 heteroatoms. The average Bonchev–Trinajstić information content (AvgIpc) is 2.76. The van der Waals surface area contributed by atoms with E-state index in [9.17, 15) is 0 Å². The number of fused-ring (bicyclic) bond motifs is 2. The Bertz CT molecular complexity index is 1140. The lowest BCUT2D eigenvalue weighted by molar-refractivity contribution is 0.298. The number of pyridine rings is 1. The second-order valence-electron chi connectivity index (χ2n) is 9.82. The molecule has 0 bridgehead atoms. The van der Waals surface area contributed by atoms with Crippen molar-refractivity contribution in [1.29, 1.82) is 0 Å². The van der Waals surface area contributed by atoms with E-state index in [2.05, 4.69) is 85.4 Å². The van der Waals surface area contributed by atoms with E-state index < -0.39 is 0 Å². The van der Waals surface area contributed by atoms with E-state index in [1.54, 1.807) is 0 Å². The molecule has 2 aliphatic rings. The first-order chi connectivity index (χ1) is 15.0. The van der Waals surface area contributed by atoms with Gasteiger partial charge in [-0.2, -0.15) is 0 Å². The maximum Gasteiger partial charge on any atom is 0.123 e. The lowest BCUT2D eigenvalue weighted by Gasteiger charge is -2.44. The molecule has 0 amide bonds. The molecule has 172 valence electrons. The zero-order valence-corrected chi connectivity index (χ0v) is 21.7. The lowest BCUT2D eigenvalue weighted by Crippen LogP contribution is -2.43. The Hall–Kier alpha value is -2.40. The van der Waals surface area contributed by atoms with E-state index in [-0.39, 0.29) is 22.6 Å². The van der Waals surface area contributed by atoms with Gasteiger partial charge >= 0.3 is 0 Å². The summed E-state index contributed by atoms with van der Waals surface area (Å²) in [4.78, 5) is 4.85. The number of hydrogen-bond donors (Lipinski definition) is 0. The largest absolute Gasteiger partial charge is 0.256 e. The van der Waals surface area contributed by atoms with Crippen molar-refractivity contribution in [1.82, 2.24) is 4.98 Å². The van der Waals surface area contributed by atoms with Gasteiger partial charge < -0.3 is 0 Å². The number of nitrogens with zero attached hydrogens (tertiary/aromatic N) is 1. The van der Waals surface area contributed by atoms with Crippen LogP contribution in [0.2, 0.25) is 0 Å². The molecule has 0 saturated carbocycles. The van der Waals surface area contributed by atoms with Crippen molar-refractivity contribution in [2.45, 2.75) is 82.1 Å². The zero-order valence-electron chi connectivity index (χ0n) is 21.7. The monoisotopic (exact) mass is 433 g/mol. The van der Waals surface area contributed by atoms with Crippen molar-refractivity contribution in [3.05, 3.63) is 58.0 Å². The average molecular weight is 434 g/mol. The van der Waals surface area contributed by atoms with Gasteiger partial charge in [-0.1, -0.05) is 51.0 Å². The predicted octanol–water partition coefficient (Wildman–Crippen LogP) is 7.13. The predicted molar refractivity (Wildman–Crippen MR) is 138 cm³/mol. The van der Waals surface area contributed by atoms with E-state index >= 15 is 4.39 Å². The molecule has 2 unspecified atom stereocenters. The highest BCUT2D eigenvalue weighted by Crippen LogP contribution is 2.54. The highest BCUT2D eigenvalue weighted by molar-refractivity contribution is 5.83. The summed E-state index contributed by atoms with van der Waals surface area (Å²) < 4.78 is 15.3. The van der Waals surface area contributed by atoms with E-state index in [0.717, 1.165) is 23.3 Å². The maximum absolute atomic E-state index is 15.3. The van der Waals surface area contributed by atoms with Gasteiger partial charge in [0.1, 0.15) is 5.83 Å². The van der Waals surface area contributed by atoms with Gasteiger partial charge in [-0.15, -0.1) is 11.8 Å². The smallest absolute Gasteiger partial charge is 0.123 e. The highest BCUT2D eigenvalue weighted by atomic mass is 19.1. The third-order valence-corrected chi connectivity index (χ3v) is 7.43. The number of aromatic nitrogens is 1. The molecule has 1 heterocycles. The molecule has 2 aliphatic carbocycles. The van der Waals surface area contributed by atoms with Gasteiger partial charge in [-0.25, -0.2) is 4.39 Å². The SMILES string of the molecule is CC#CC.CC=CC(C)(CC)C1CC=C(F)C2=C1c1nccc(=C(C)C)c1=C(C)C2(C)C. The van der Waals surface area contributed by atoms with Crippen LogP contribution in [0.25, 0.3) is 16.7 Å². The molecule has 0 N–H and O–H groups in total. The molecule has 1 aromatic rings. The summed E-state index contributed by atoms with van der Waals surface area (Å²) in [5.74, 6) is 5.51. The van der Waals surface area contributed by atoms with Gasteiger partial charge in [0, 0.05) is 22.4 Å². The minimum atomic E-state index is -0.362. The van der Waals surface area contributed by atoms with Crippen LogP contribution >= 0.6 is 0 Å². The summed E-state index contributed by atoms with van der Waals surface area (Å²) in [6.07, 6.45) is 9.86. The molecule has 0 saturated heterocycles. The molecule has 1 nitrogen and oxygen atoms in total. The molecule has 32 heavy (non-hydrogen) atoms. The van der Waals surface area contributed by atoms with E-state index in [1.807, 2.05) is 26.1 Å². The molecule has 0 aliphatic heterocycles. The van der Waals surface area contributed by atoms with Gasteiger partial charge in [-0.3, -0.25) is 4.98 Å². The third-order valence-electron chi connectivity index (χ3n) is 7.43. The Labute approximate surface area is 194 Å². The van der Waals surface area contributed by atoms with E-state index in [1.165, 1.54) is 21.6 Å². The fourth-order valence-electron chi connectivity index (χ4n) is 5.09. The number of halogens is 1. The van der Waals surface area contributed by atoms with Crippen LogP contribution in [0.15, 0.2) is 41.9 Å². The summed E-state index contributed by atoms with van der Waals surface area (Å²) in [7, 11) is 0. The van der Waals surface area contributed by atoms with Crippen LogP contribution < -0.4 is 10.4 Å². The second-order valence-corrected chi connectivity index (χ2v) is 9.82.